The molecular weight excluding hydrogens is 359 g/mol. The Hall–Kier alpha value is -3.26. The van der Waals surface area contributed by atoms with Crippen LogP contribution >= 0.6 is 12.2 Å². The number of nitrogens with zero attached hydrogens (tertiary/aromatic N) is 1. The van der Waals surface area contributed by atoms with E-state index in [1.165, 1.54) is 43.5 Å². The number of carbonyl (C=O) groups is 2. The summed E-state index contributed by atoms with van der Waals surface area (Å²) in [6.07, 6.45) is 1.31. The minimum atomic E-state index is -0.695. The summed E-state index contributed by atoms with van der Waals surface area (Å²) in [4.78, 5) is 26.0. The van der Waals surface area contributed by atoms with E-state index in [2.05, 4.69) is 5.32 Å². The van der Waals surface area contributed by atoms with Crippen LogP contribution in [0.25, 0.3) is 6.08 Å². The highest BCUT2D eigenvalue weighted by atomic mass is 32.1. The summed E-state index contributed by atoms with van der Waals surface area (Å²) >= 11 is 5.04. The molecule has 0 radical (unpaired) electrons. The van der Waals surface area contributed by atoms with Crippen LogP contribution in [0.5, 0.6) is 11.5 Å². The molecule has 1 aliphatic rings. The molecule has 6 nitrogen and oxygen atoms in total. The summed E-state index contributed by atoms with van der Waals surface area (Å²) < 4.78 is 18.4. The molecule has 0 spiro atoms. The number of rotatable bonds is 3. The Morgan fingerprint density at radius 1 is 1.23 bits per heavy atom. The van der Waals surface area contributed by atoms with Gasteiger partial charge in [0, 0.05) is 0 Å². The number of ether oxygens (including phenoxy) is 1. The fourth-order valence-corrected chi connectivity index (χ4v) is 2.75. The Labute approximate surface area is 153 Å². The third-order valence-corrected chi connectivity index (χ3v) is 3.97. The molecular formula is C18H13FN2O4S. The number of phenolic OH excluding ortho intramolecular Hbond substituents is 1. The zero-order chi connectivity index (χ0) is 18.8. The molecule has 0 bridgehead atoms. The Balaban J connectivity index is 2.01. The molecule has 1 aliphatic heterocycles. The normalized spacial score (nSPS) is 16.0. The lowest BCUT2D eigenvalue weighted by Crippen LogP contribution is -2.54. The largest absolute Gasteiger partial charge is 0.504 e. The number of hydrogen-bond donors (Lipinski definition) is 2. The molecule has 2 aromatic rings. The maximum Gasteiger partial charge on any atom is 0.270 e. The van der Waals surface area contributed by atoms with Crippen molar-refractivity contribution >= 4 is 40.9 Å². The third-order valence-electron chi connectivity index (χ3n) is 3.68. The van der Waals surface area contributed by atoms with E-state index in [4.69, 9.17) is 17.0 Å². The summed E-state index contributed by atoms with van der Waals surface area (Å²) in [6, 6.07) is 9.73. The van der Waals surface area contributed by atoms with Crippen LogP contribution in [0.1, 0.15) is 5.56 Å². The van der Waals surface area contributed by atoms with Gasteiger partial charge in [0.05, 0.1) is 12.8 Å². The highest BCUT2D eigenvalue weighted by Crippen LogP contribution is 2.28. The Kier molecular flexibility index (Phi) is 4.68. The summed E-state index contributed by atoms with van der Waals surface area (Å²) in [5.41, 5.74) is 0.407. The smallest absolute Gasteiger partial charge is 0.270 e. The molecule has 2 aromatic carbocycles. The van der Waals surface area contributed by atoms with Crippen LogP contribution in [-0.2, 0) is 9.59 Å². The number of benzene rings is 2. The number of carbonyl (C=O) groups excluding carboxylic acids is 2. The van der Waals surface area contributed by atoms with Gasteiger partial charge in [0.1, 0.15) is 11.4 Å². The van der Waals surface area contributed by atoms with E-state index in [9.17, 15) is 19.1 Å². The van der Waals surface area contributed by atoms with Crippen LogP contribution < -0.4 is 15.0 Å². The first kappa shape index (κ1) is 17.6. The lowest BCUT2D eigenvalue weighted by molar-refractivity contribution is -0.122. The molecule has 0 unspecified atom stereocenters. The summed E-state index contributed by atoms with van der Waals surface area (Å²) in [5, 5.41) is 12.1. The van der Waals surface area contributed by atoms with Gasteiger partial charge in [-0.1, -0.05) is 12.1 Å². The lowest BCUT2D eigenvalue weighted by Gasteiger charge is -2.28. The maximum absolute atomic E-state index is 13.5. The van der Waals surface area contributed by atoms with E-state index in [1.54, 1.807) is 6.07 Å². The molecule has 2 N–H and O–H groups in total. The number of methoxy groups -OCH3 is 1. The van der Waals surface area contributed by atoms with Crippen molar-refractivity contribution in [3.8, 4) is 11.5 Å². The second kappa shape index (κ2) is 6.93. The number of anilines is 1. The molecule has 1 fully saturated rings. The second-order valence-corrected chi connectivity index (χ2v) is 5.76. The average Bonchev–Trinajstić information content (AvgIpc) is 2.58. The quantitative estimate of drug-likeness (QED) is 0.491. The number of aromatic hydroxyl groups is 1. The second-order valence-electron chi connectivity index (χ2n) is 5.37. The van der Waals surface area contributed by atoms with Crippen LogP contribution in [0.4, 0.5) is 10.1 Å². The number of amides is 2. The predicted molar refractivity (Wildman–Crippen MR) is 97.3 cm³/mol. The molecule has 0 aromatic heterocycles. The number of nitrogens with one attached hydrogen (secondary N) is 1. The van der Waals surface area contributed by atoms with E-state index in [1.807, 2.05) is 0 Å². The Morgan fingerprint density at radius 3 is 2.65 bits per heavy atom. The molecule has 8 heteroatoms. The lowest BCUT2D eigenvalue weighted by atomic mass is 10.1. The first-order valence-corrected chi connectivity index (χ1v) is 7.85. The zero-order valence-electron chi connectivity index (χ0n) is 13.5. The first-order chi connectivity index (χ1) is 12.4. The highest BCUT2D eigenvalue weighted by Gasteiger charge is 2.34. The highest BCUT2D eigenvalue weighted by molar-refractivity contribution is 7.80. The van der Waals surface area contributed by atoms with Crippen LogP contribution in [0.15, 0.2) is 48.0 Å². The topological polar surface area (TPSA) is 78.9 Å². The molecule has 0 atom stereocenters. The van der Waals surface area contributed by atoms with Crippen molar-refractivity contribution in [1.29, 1.82) is 0 Å². The van der Waals surface area contributed by atoms with Crippen molar-refractivity contribution < 1.29 is 23.8 Å². The van der Waals surface area contributed by atoms with Crippen LogP contribution in [0, 0.1) is 5.82 Å². The average molecular weight is 372 g/mol. The van der Waals surface area contributed by atoms with Gasteiger partial charge in [-0.2, -0.15) is 0 Å². The number of phenols is 1. The van der Waals surface area contributed by atoms with E-state index < -0.39 is 17.6 Å². The third kappa shape index (κ3) is 3.27. The zero-order valence-corrected chi connectivity index (χ0v) is 14.3. The van der Waals surface area contributed by atoms with Gasteiger partial charge >= 0.3 is 0 Å². The fraction of sp³-hybridized carbons (Fsp3) is 0.0556. The molecule has 0 saturated carbocycles. The minimum absolute atomic E-state index is 0.136. The van der Waals surface area contributed by atoms with Crippen molar-refractivity contribution in [3.63, 3.8) is 0 Å². The number of halogens is 1. The molecule has 0 aliphatic carbocycles. The summed E-state index contributed by atoms with van der Waals surface area (Å²) in [6.45, 7) is 0. The van der Waals surface area contributed by atoms with Crippen molar-refractivity contribution in [1.82, 2.24) is 5.32 Å². The van der Waals surface area contributed by atoms with Gasteiger partial charge in [0.2, 0.25) is 0 Å². The molecule has 132 valence electrons. The van der Waals surface area contributed by atoms with Gasteiger partial charge < -0.3 is 9.84 Å². The van der Waals surface area contributed by atoms with Gasteiger partial charge in [-0.15, -0.1) is 0 Å². The molecule has 1 heterocycles. The van der Waals surface area contributed by atoms with Crippen molar-refractivity contribution in [3.05, 3.63) is 59.4 Å². The van der Waals surface area contributed by atoms with Gasteiger partial charge in [-0.25, -0.2) is 4.39 Å². The first-order valence-electron chi connectivity index (χ1n) is 7.44. The SMILES string of the molecule is COc1ccc(/C=C2/C(=O)NC(=S)N(c3cccc(F)c3)C2=O)cc1O. The number of hydrogen-bond acceptors (Lipinski definition) is 5. The maximum atomic E-state index is 13.5. The summed E-state index contributed by atoms with van der Waals surface area (Å²) in [7, 11) is 1.41. The minimum Gasteiger partial charge on any atom is -0.504 e. The van der Waals surface area contributed by atoms with Crippen molar-refractivity contribution in [2.45, 2.75) is 0 Å². The predicted octanol–water partition coefficient (Wildman–Crippen LogP) is 2.37. The van der Waals surface area contributed by atoms with E-state index in [-0.39, 0.29) is 27.9 Å². The van der Waals surface area contributed by atoms with Crippen LogP contribution in [0.3, 0.4) is 0 Å². The van der Waals surface area contributed by atoms with E-state index >= 15 is 0 Å². The fourth-order valence-electron chi connectivity index (χ4n) is 2.47. The monoisotopic (exact) mass is 372 g/mol. The van der Waals surface area contributed by atoms with Crippen molar-refractivity contribution in [2.75, 3.05) is 12.0 Å². The number of thiocarbonyl (C=S) groups is 1. The van der Waals surface area contributed by atoms with Crippen molar-refractivity contribution in [2.24, 2.45) is 0 Å². The van der Waals surface area contributed by atoms with Gasteiger partial charge in [-0.3, -0.25) is 19.8 Å². The summed E-state index contributed by atoms with van der Waals surface area (Å²) in [5.74, 6) is -1.79. The molecule has 1 saturated heterocycles. The van der Waals surface area contributed by atoms with Gasteiger partial charge in [-0.05, 0) is 54.2 Å². The molecule has 26 heavy (non-hydrogen) atoms. The standard InChI is InChI=1S/C18H13FN2O4S/c1-25-15-6-5-10(8-14(15)22)7-13-16(23)20-18(26)21(17(13)24)12-4-2-3-11(19)9-12/h2-9,22H,1H3,(H,20,23,26)/b13-7-. The molecule has 3 rings (SSSR count). The van der Waals surface area contributed by atoms with Crippen LogP contribution in [0.2, 0.25) is 0 Å². The van der Waals surface area contributed by atoms with Gasteiger partial charge in [0.15, 0.2) is 16.6 Å². The van der Waals surface area contributed by atoms with Gasteiger partial charge in [0.25, 0.3) is 11.8 Å². The van der Waals surface area contributed by atoms with Crippen LogP contribution in [-0.4, -0.2) is 29.1 Å². The Morgan fingerprint density at radius 2 is 2.00 bits per heavy atom. The van der Waals surface area contributed by atoms with E-state index in [0.717, 1.165) is 11.0 Å². The molecule has 2 amide bonds. The van der Waals surface area contributed by atoms with E-state index in [0.29, 0.717) is 5.56 Å². The Bertz CT molecular complexity index is 958.